The predicted octanol–water partition coefficient (Wildman–Crippen LogP) is 11.8. The highest BCUT2D eigenvalue weighted by molar-refractivity contribution is 5.96. The monoisotopic (exact) mass is 729 g/mol. The van der Waals surface area contributed by atoms with E-state index >= 15 is 0 Å². The molecule has 0 saturated heterocycles. The number of benzene rings is 1. The van der Waals surface area contributed by atoms with Gasteiger partial charge >= 0.3 is 5.97 Å². The van der Waals surface area contributed by atoms with Crippen molar-refractivity contribution in [1.29, 1.82) is 0 Å². The van der Waals surface area contributed by atoms with Crippen molar-refractivity contribution in [2.75, 3.05) is 13.1 Å². The second kappa shape index (κ2) is 33.6. The van der Waals surface area contributed by atoms with Gasteiger partial charge < -0.3 is 27.6 Å². The Bertz CT molecular complexity index is 971. The zero-order valence-electron chi connectivity index (χ0n) is 34.1. The Morgan fingerprint density at radius 3 is 1.25 bits per heavy atom. The SMILES string of the molecule is CCCCCCCCCCCCCCCCC(CCCCCCCCCCCCCCCC)C(N)c1cc(C(=O)NCC(=O)O)cc(C(N)CN)c1. The fraction of sp³-hybridized carbons (Fsp3) is 0.822. The zero-order valence-corrected chi connectivity index (χ0v) is 34.1. The van der Waals surface area contributed by atoms with Crippen LogP contribution in [-0.4, -0.2) is 30.1 Å². The van der Waals surface area contributed by atoms with Gasteiger partial charge in [0.15, 0.2) is 0 Å². The number of aliphatic carboxylic acids is 1. The van der Waals surface area contributed by atoms with Crippen molar-refractivity contribution in [2.45, 2.75) is 219 Å². The summed E-state index contributed by atoms with van der Waals surface area (Å²) in [4.78, 5) is 24.0. The topological polar surface area (TPSA) is 144 Å². The predicted molar refractivity (Wildman–Crippen MR) is 223 cm³/mol. The lowest BCUT2D eigenvalue weighted by atomic mass is 9.83. The lowest BCUT2D eigenvalue weighted by Gasteiger charge is -2.26. The third kappa shape index (κ3) is 25.1. The molecule has 7 heteroatoms. The van der Waals surface area contributed by atoms with E-state index in [9.17, 15) is 9.59 Å². The maximum Gasteiger partial charge on any atom is 0.322 e. The molecule has 0 aliphatic heterocycles. The first kappa shape index (κ1) is 48.1. The summed E-state index contributed by atoms with van der Waals surface area (Å²) in [6.45, 7) is 4.37. The van der Waals surface area contributed by atoms with Gasteiger partial charge in [-0.1, -0.05) is 200 Å². The third-order valence-electron chi connectivity index (χ3n) is 11.1. The highest BCUT2D eigenvalue weighted by Gasteiger charge is 2.22. The maximum absolute atomic E-state index is 12.9. The summed E-state index contributed by atoms with van der Waals surface area (Å²) in [6.07, 6.45) is 39.8. The van der Waals surface area contributed by atoms with Crippen LogP contribution in [-0.2, 0) is 4.79 Å². The lowest BCUT2D eigenvalue weighted by Crippen LogP contribution is -2.30. The van der Waals surface area contributed by atoms with Gasteiger partial charge in [-0.2, -0.15) is 0 Å². The van der Waals surface area contributed by atoms with E-state index < -0.39 is 24.5 Å². The number of carbonyl (C=O) groups excluding carboxylic acids is 1. The average molecular weight is 729 g/mol. The van der Waals surface area contributed by atoms with E-state index in [0.29, 0.717) is 11.5 Å². The number of carboxylic acids is 1. The summed E-state index contributed by atoms with van der Waals surface area (Å²) < 4.78 is 0. The molecule has 0 saturated carbocycles. The number of carbonyl (C=O) groups is 2. The van der Waals surface area contributed by atoms with Gasteiger partial charge in [-0.15, -0.1) is 0 Å². The molecule has 8 N–H and O–H groups in total. The van der Waals surface area contributed by atoms with E-state index in [-0.39, 0.29) is 12.6 Å². The van der Waals surface area contributed by atoms with Gasteiger partial charge in [0.05, 0.1) is 0 Å². The fourth-order valence-corrected chi connectivity index (χ4v) is 7.59. The van der Waals surface area contributed by atoms with Crippen LogP contribution in [0, 0.1) is 5.92 Å². The Kier molecular flexibility index (Phi) is 31.1. The Hall–Kier alpha value is -1.96. The molecule has 1 rings (SSSR count). The molecule has 0 aromatic heterocycles. The van der Waals surface area contributed by atoms with Crippen LogP contribution in [0.3, 0.4) is 0 Å². The molecule has 0 bridgehead atoms. The van der Waals surface area contributed by atoms with Crippen molar-refractivity contribution in [3.8, 4) is 0 Å². The van der Waals surface area contributed by atoms with E-state index in [1.165, 1.54) is 180 Å². The smallest absolute Gasteiger partial charge is 0.322 e. The number of unbranched alkanes of at least 4 members (excludes halogenated alkanes) is 26. The Labute approximate surface area is 320 Å². The van der Waals surface area contributed by atoms with E-state index in [4.69, 9.17) is 22.3 Å². The fourth-order valence-electron chi connectivity index (χ4n) is 7.59. The third-order valence-corrected chi connectivity index (χ3v) is 11.1. The van der Waals surface area contributed by atoms with Gasteiger partial charge in [-0.25, -0.2) is 0 Å². The number of hydrogen-bond acceptors (Lipinski definition) is 5. The highest BCUT2D eigenvalue weighted by Crippen LogP contribution is 2.32. The second-order valence-electron chi connectivity index (χ2n) is 15.9. The van der Waals surface area contributed by atoms with Crippen molar-refractivity contribution in [2.24, 2.45) is 23.1 Å². The summed E-state index contributed by atoms with van der Waals surface area (Å²) in [5.41, 5.74) is 21.3. The molecule has 1 amide bonds. The largest absolute Gasteiger partial charge is 0.480 e. The van der Waals surface area contributed by atoms with Crippen LogP contribution in [0.25, 0.3) is 0 Å². The minimum atomic E-state index is -1.08. The van der Waals surface area contributed by atoms with Crippen molar-refractivity contribution in [1.82, 2.24) is 5.32 Å². The van der Waals surface area contributed by atoms with Gasteiger partial charge in [0.1, 0.15) is 6.54 Å². The van der Waals surface area contributed by atoms with E-state index in [1.54, 1.807) is 6.07 Å². The zero-order chi connectivity index (χ0) is 38.1. The Morgan fingerprint density at radius 2 is 0.904 bits per heavy atom. The van der Waals surface area contributed by atoms with E-state index in [2.05, 4.69) is 19.2 Å². The molecule has 0 radical (unpaired) electrons. The lowest BCUT2D eigenvalue weighted by molar-refractivity contribution is -0.135. The van der Waals surface area contributed by atoms with Crippen molar-refractivity contribution < 1.29 is 14.7 Å². The van der Waals surface area contributed by atoms with Crippen LogP contribution in [0.1, 0.15) is 240 Å². The summed E-state index contributed by atoms with van der Waals surface area (Å²) in [6, 6.07) is 4.92. The number of carboxylic acid groups (broad SMARTS) is 1. The van der Waals surface area contributed by atoms with Crippen molar-refractivity contribution in [3.63, 3.8) is 0 Å². The first-order chi connectivity index (χ1) is 25.3. The number of hydrogen-bond donors (Lipinski definition) is 5. The molecular formula is C45H84N4O3. The minimum absolute atomic E-state index is 0.222. The minimum Gasteiger partial charge on any atom is -0.480 e. The van der Waals surface area contributed by atoms with Gasteiger partial charge in [0.25, 0.3) is 5.91 Å². The molecule has 0 spiro atoms. The number of amides is 1. The molecule has 1 aromatic rings. The Balaban J connectivity index is 2.63. The normalized spacial score (nSPS) is 12.7. The van der Waals surface area contributed by atoms with Crippen LogP contribution in [0.4, 0.5) is 0 Å². The summed E-state index contributed by atoms with van der Waals surface area (Å²) in [5, 5.41) is 11.6. The molecule has 2 atom stereocenters. The molecule has 52 heavy (non-hydrogen) atoms. The molecule has 0 aliphatic carbocycles. The Morgan fingerprint density at radius 1 is 0.558 bits per heavy atom. The van der Waals surface area contributed by atoms with Gasteiger partial charge in [0, 0.05) is 24.2 Å². The quantitative estimate of drug-likeness (QED) is 0.0431. The number of nitrogens with two attached hydrogens (primary N) is 3. The van der Waals surface area contributed by atoms with Gasteiger partial charge in [-0.05, 0) is 42.0 Å². The van der Waals surface area contributed by atoms with Crippen molar-refractivity contribution in [3.05, 3.63) is 34.9 Å². The summed E-state index contributed by atoms with van der Waals surface area (Å²) in [7, 11) is 0. The number of rotatable bonds is 37. The maximum atomic E-state index is 12.9. The molecule has 0 fully saturated rings. The van der Waals surface area contributed by atoms with Crippen LogP contribution in [0.5, 0.6) is 0 Å². The van der Waals surface area contributed by atoms with Crippen LogP contribution >= 0.6 is 0 Å². The molecule has 302 valence electrons. The van der Waals surface area contributed by atoms with Gasteiger partial charge in [-0.3, -0.25) is 9.59 Å². The van der Waals surface area contributed by atoms with Crippen LogP contribution < -0.4 is 22.5 Å². The summed E-state index contributed by atoms with van der Waals surface area (Å²) in [5.74, 6) is -1.20. The first-order valence-corrected chi connectivity index (χ1v) is 22.2. The van der Waals surface area contributed by atoms with Gasteiger partial charge in [0.2, 0.25) is 0 Å². The molecular weight excluding hydrogens is 645 g/mol. The molecule has 1 aromatic carbocycles. The molecule has 0 aliphatic rings. The summed E-state index contributed by atoms with van der Waals surface area (Å²) >= 11 is 0. The number of nitrogens with one attached hydrogen (secondary N) is 1. The highest BCUT2D eigenvalue weighted by atomic mass is 16.4. The van der Waals surface area contributed by atoms with E-state index in [1.807, 2.05) is 12.1 Å². The van der Waals surface area contributed by atoms with E-state index in [0.717, 1.165) is 24.0 Å². The molecule has 7 nitrogen and oxygen atoms in total. The van der Waals surface area contributed by atoms with Crippen LogP contribution in [0.2, 0.25) is 0 Å². The first-order valence-electron chi connectivity index (χ1n) is 22.2. The average Bonchev–Trinajstić information content (AvgIpc) is 3.15. The second-order valence-corrected chi connectivity index (χ2v) is 15.9. The standard InChI is InChI=1S/C45H84N4O3/c1-3-5-7-9-11-13-15-17-19-21-23-25-27-29-31-38(32-30-28-26-24-22-20-18-16-14-12-10-8-6-4-2)44(48)40-33-39(42(47)36-46)34-41(35-40)45(52)49-37-43(50)51/h33-35,38,42,44H,3-32,36-37,46-48H2,1-2H3,(H,49,52)(H,50,51). The van der Waals surface area contributed by atoms with Crippen LogP contribution in [0.15, 0.2) is 18.2 Å². The molecule has 2 unspecified atom stereocenters. The van der Waals surface area contributed by atoms with Crippen molar-refractivity contribution >= 4 is 11.9 Å². The molecule has 0 heterocycles.